The molecule has 1 saturated heterocycles. The van der Waals surface area contributed by atoms with Crippen molar-refractivity contribution in [2.75, 3.05) is 44.3 Å². The molecule has 1 aliphatic rings. The van der Waals surface area contributed by atoms with Gasteiger partial charge in [-0.3, -0.25) is 4.79 Å². The van der Waals surface area contributed by atoms with Gasteiger partial charge in [0.2, 0.25) is 0 Å². The summed E-state index contributed by atoms with van der Waals surface area (Å²) < 4.78 is 13.3. The highest BCUT2D eigenvalue weighted by atomic mass is 79.9. The second kappa shape index (κ2) is 14.4. The van der Waals surface area contributed by atoms with Gasteiger partial charge in [0, 0.05) is 25.2 Å². The lowest BCUT2D eigenvalue weighted by molar-refractivity contribution is -0.697. The Morgan fingerprint density at radius 1 is 1.06 bits per heavy atom. The monoisotopic (exact) mass is 561 g/mol. The van der Waals surface area contributed by atoms with Crippen molar-refractivity contribution >= 4 is 39.7 Å². The highest BCUT2D eigenvalue weighted by molar-refractivity contribution is 9.10. The molecular formula is C26H34BrN4O5+. The van der Waals surface area contributed by atoms with E-state index in [0.717, 1.165) is 36.7 Å². The molecular weight excluding hydrogens is 528 g/mol. The fraction of sp³-hybridized carbons (Fsp3) is 0.462. The first-order chi connectivity index (χ1) is 17.5. The minimum Gasteiger partial charge on any atom is -0.448 e. The van der Waals surface area contributed by atoms with Crippen LogP contribution in [-0.2, 0) is 16.0 Å². The number of hydrogen-bond donors (Lipinski definition) is 1. The van der Waals surface area contributed by atoms with Crippen molar-refractivity contribution in [3.63, 3.8) is 0 Å². The summed E-state index contributed by atoms with van der Waals surface area (Å²) in [7, 11) is 0. The Balaban J connectivity index is 1.50. The predicted octanol–water partition coefficient (Wildman–Crippen LogP) is 4.14. The van der Waals surface area contributed by atoms with Crippen LogP contribution in [-0.4, -0.2) is 62.4 Å². The summed E-state index contributed by atoms with van der Waals surface area (Å²) in [6.07, 6.45) is 6.83. The molecule has 0 atom stereocenters. The Labute approximate surface area is 220 Å². The zero-order valence-corrected chi connectivity index (χ0v) is 22.2. The van der Waals surface area contributed by atoms with Crippen molar-refractivity contribution in [2.24, 2.45) is 0 Å². The van der Waals surface area contributed by atoms with Crippen molar-refractivity contribution in [1.82, 2.24) is 10.2 Å². The van der Waals surface area contributed by atoms with E-state index in [-0.39, 0.29) is 38.3 Å². The number of halogens is 1. The Bertz CT molecular complexity index is 1010. The molecule has 0 bridgehead atoms. The molecule has 2 aromatic rings. The number of alkyl carbamates (subject to hydrolysis) is 1. The molecule has 1 aromatic carbocycles. The van der Waals surface area contributed by atoms with Gasteiger partial charge in [0.25, 0.3) is 5.91 Å². The molecule has 1 N–H and O–H groups in total. The number of pyridine rings is 1. The molecule has 1 aliphatic heterocycles. The van der Waals surface area contributed by atoms with E-state index in [1.165, 1.54) is 0 Å². The first kappa shape index (κ1) is 27.4. The SMILES string of the molecule is CCC[n+]1cc(Br)cc(C(=O)N(CCOC(=O)NCCOC(=O)N2CCCCC2)c2ccccc2)c1. The third kappa shape index (κ3) is 8.51. The average Bonchev–Trinajstić information content (AvgIpc) is 2.89. The number of nitrogens with one attached hydrogen (secondary N) is 1. The molecule has 10 heteroatoms. The normalized spacial score (nSPS) is 13.1. The molecule has 194 valence electrons. The minimum atomic E-state index is -0.632. The quantitative estimate of drug-likeness (QED) is 0.347. The number of aromatic nitrogens is 1. The second-order valence-electron chi connectivity index (χ2n) is 8.50. The van der Waals surface area contributed by atoms with Crippen LogP contribution < -0.4 is 14.8 Å². The highest BCUT2D eigenvalue weighted by Gasteiger charge is 2.22. The number of piperidine rings is 1. The largest absolute Gasteiger partial charge is 0.448 e. The van der Waals surface area contributed by atoms with Crippen LogP contribution in [0, 0.1) is 0 Å². The summed E-state index contributed by atoms with van der Waals surface area (Å²) in [6, 6.07) is 11.0. The number of aryl methyl sites for hydroxylation is 1. The zero-order chi connectivity index (χ0) is 25.8. The van der Waals surface area contributed by atoms with Crippen LogP contribution in [0.25, 0.3) is 0 Å². The number of amides is 3. The highest BCUT2D eigenvalue weighted by Crippen LogP contribution is 2.18. The molecule has 9 nitrogen and oxygen atoms in total. The summed E-state index contributed by atoms with van der Waals surface area (Å²) in [5.74, 6) is -0.194. The Morgan fingerprint density at radius 2 is 1.81 bits per heavy atom. The van der Waals surface area contributed by atoms with E-state index in [1.807, 2.05) is 47.3 Å². The van der Waals surface area contributed by atoms with Gasteiger partial charge >= 0.3 is 12.2 Å². The minimum absolute atomic E-state index is 0.00297. The number of rotatable bonds is 10. The summed E-state index contributed by atoms with van der Waals surface area (Å²) in [5.41, 5.74) is 1.24. The van der Waals surface area contributed by atoms with Crippen molar-refractivity contribution in [3.05, 3.63) is 58.8 Å². The van der Waals surface area contributed by atoms with E-state index in [2.05, 4.69) is 28.2 Å². The number of para-hydroxylation sites is 1. The van der Waals surface area contributed by atoms with E-state index in [0.29, 0.717) is 24.3 Å². The van der Waals surface area contributed by atoms with E-state index in [1.54, 1.807) is 15.9 Å². The lowest BCUT2D eigenvalue weighted by Crippen LogP contribution is -2.39. The van der Waals surface area contributed by atoms with Crippen molar-refractivity contribution < 1.29 is 28.4 Å². The van der Waals surface area contributed by atoms with E-state index in [9.17, 15) is 14.4 Å². The predicted molar refractivity (Wildman–Crippen MR) is 139 cm³/mol. The summed E-state index contributed by atoms with van der Waals surface area (Å²) in [6.45, 7) is 4.69. The molecule has 1 fully saturated rings. The number of likely N-dealkylation sites (tertiary alicyclic amines) is 1. The molecule has 0 saturated carbocycles. The molecule has 0 aliphatic carbocycles. The molecule has 0 unspecified atom stereocenters. The number of hydrogen-bond acceptors (Lipinski definition) is 5. The van der Waals surface area contributed by atoms with Crippen LogP contribution >= 0.6 is 15.9 Å². The fourth-order valence-corrected chi connectivity index (χ4v) is 4.46. The van der Waals surface area contributed by atoms with Crippen LogP contribution in [0.1, 0.15) is 43.0 Å². The molecule has 36 heavy (non-hydrogen) atoms. The van der Waals surface area contributed by atoms with Gasteiger partial charge in [-0.25, -0.2) is 14.2 Å². The lowest BCUT2D eigenvalue weighted by Gasteiger charge is -2.25. The second-order valence-corrected chi connectivity index (χ2v) is 9.41. The van der Waals surface area contributed by atoms with Crippen LogP contribution in [0.15, 0.2) is 53.3 Å². The van der Waals surface area contributed by atoms with Crippen molar-refractivity contribution in [2.45, 2.75) is 39.2 Å². The molecule has 3 rings (SSSR count). The van der Waals surface area contributed by atoms with Gasteiger partial charge in [0.1, 0.15) is 25.3 Å². The first-order valence-corrected chi connectivity index (χ1v) is 13.2. The summed E-state index contributed by atoms with van der Waals surface area (Å²) in [5, 5.41) is 2.57. The third-order valence-corrected chi connectivity index (χ3v) is 6.12. The number of carbonyl (C=O) groups excluding carboxylic acids is 3. The van der Waals surface area contributed by atoms with Crippen molar-refractivity contribution in [3.8, 4) is 0 Å². The number of nitrogens with zero attached hydrogens (tertiary/aromatic N) is 3. The maximum Gasteiger partial charge on any atom is 0.409 e. The molecule has 0 radical (unpaired) electrons. The van der Waals surface area contributed by atoms with E-state index >= 15 is 0 Å². The smallest absolute Gasteiger partial charge is 0.409 e. The van der Waals surface area contributed by atoms with Gasteiger partial charge in [-0.05, 0) is 53.4 Å². The third-order valence-electron chi connectivity index (χ3n) is 5.69. The van der Waals surface area contributed by atoms with Crippen LogP contribution in [0.3, 0.4) is 0 Å². The summed E-state index contributed by atoms with van der Waals surface area (Å²) >= 11 is 3.49. The molecule has 1 aromatic heterocycles. The number of carbonyl (C=O) groups is 3. The molecule has 0 spiro atoms. The van der Waals surface area contributed by atoms with Gasteiger partial charge in [0.15, 0.2) is 12.4 Å². The van der Waals surface area contributed by atoms with Gasteiger partial charge in [0.05, 0.1) is 17.6 Å². The Hall–Kier alpha value is -3.14. The van der Waals surface area contributed by atoms with Gasteiger partial charge < -0.3 is 24.6 Å². The van der Waals surface area contributed by atoms with Crippen LogP contribution in [0.2, 0.25) is 0 Å². The van der Waals surface area contributed by atoms with E-state index < -0.39 is 6.09 Å². The summed E-state index contributed by atoms with van der Waals surface area (Å²) in [4.78, 5) is 40.8. The average molecular weight is 562 g/mol. The Morgan fingerprint density at radius 3 is 2.53 bits per heavy atom. The van der Waals surface area contributed by atoms with E-state index in [4.69, 9.17) is 9.47 Å². The maximum absolute atomic E-state index is 13.4. The topological polar surface area (TPSA) is 92.1 Å². The number of anilines is 1. The lowest BCUT2D eigenvalue weighted by atomic mass is 10.1. The zero-order valence-electron chi connectivity index (χ0n) is 20.7. The fourth-order valence-electron chi connectivity index (χ4n) is 3.95. The molecule has 3 amide bonds. The van der Waals surface area contributed by atoms with Gasteiger partial charge in [-0.15, -0.1) is 0 Å². The van der Waals surface area contributed by atoms with Crippen LogP contribution in [0.4, 0.5) is 15.3 Å². The van der Waals surface area contributed by atoms with Crippen LogP contribution in [0.5, 0.6) is 0 Å². The maximum atomic E-state index is 13.4. The number of benzene rings is 1. The number of ether oxygens (including phenoxy) is 2. The Kier molecular flexibility index (Phi) is 11.0. The van der Waals surface area contributed by atoms with Gasteiger partial charge in [-0.2, -0.15) is 0 Å². The molecule has 2 heterocycles. The van der Waals surface area contributed by atoms with Gasteiger partial charge in [-0.1, -0.05) is 25.1 Å². The standard InChI is InChI=1S/C26H33BrN4O5/c1-2-12-29-19-21(18-22(27)20-29)24(32)31(23-9-5-3-6-10-23)15-17-35-25(33)28-11-16-36-26(34)30-13-7-4-8-14-30/h3,5-6,9-10,18-20H,2,4,7-8,11-17H2,1H3/p+1. The first-order valence-electron chi connectivity index (χ1n) is 12.4. The van der Waals surface area contributed by atoms with Crippen molar-refractivity contribution in [1.29, 1.82) is 0 Å².